The van der Waals surface area contributed by atoms with E-state index in [2.05, 4.69) is 6.58 Å². The van der Waals surface area contributed by atoms with Gasteiger partial charge in [-0.2, -0.15) is 0 Å². The Labute approximate surface area is 69.7 Å². The molecule has 0 radical (unpaired) electrons. The molecule has 1 aliphatic rings. The van der Waals surface area contributed by atoms with Gasteiger partial charge in [-0.1, -0.05) is 25.3 Å². The Balaban J connectivity index is 2.26. The number of hydrogen-bond acceptors (Lipinski definition) is 1. The molecule has 1 heteroatoms. The Bertz CT molecular complexity index is 114. The van der Waals surface area contributed by atoms with E-state index in [4.69, 9.17) is 5.73 Å². The Morgan fingerprint density at radius 1 is 1.36 bits per heavy atom. The lowest BCUT2D eigenvalue weighted by Gasteiger charge is -2.26. The van der Waals surface area contributed by atoms with E-state index < -0.39 is 0 Å². The Morgan fingerprint density at radius 3 is 2.55 bits per heavy atom. The largest absolute Gasteiger partial charge is 0.327 e. The van der Waals surface area contributed by atoms with Crippen LogP contribution in [0.3, 0.4) is 0 Å². The summed E-state index contributed by atoms with van der Waals surface area (Å²) in [4.78, 5) is 0. The van der Waals surface area contributed by atoms with E-state index in [-0.39, 0.29) is 0 Å². The Kier molecular flexibility index (Phi) is 3.64. The summed E-state index contributed by atoms with van der Waals surface area (Å²) in [6.45, 7) is 3.72. The average molecular weight is 153 g/mol. The summed E-state index contributed by atoms with van der Waals surface area (Å²) in [6.07, 6.45) is 9.80. The molecule has 0 unspecified atom stereocenters. The number of rotatable bonds is 3. The average Bonchev–Trinajstić information content (AvgIpc) is 2.07. The normalized spacial score (nSPS) is 23.0. The third-order valence-corrected chi connectivity index (χ3v) is 2.69. The lowest BCUT2D eigenvalue weighted by Crippen LogP contribution is -2.30. The summed E-state index contributed by atoms with van der Waals surface area (Å²) < 4.78 is 0. The molecule has 0 spiro atoms. The summed E-state index contributed by atoms with van der Waals surface area (Å²) in [6, 6.07) is 0.382. The summed E-state index contributed by atoms with van der Waals surface area (Å²) in [5.74, 6) is 0.779. The van der Waals surface area contributed by atoms with Crippen LogP contribution in [0.4, 0.5) is 0 Å². The fourth-order valence-corrected chi connectivity index (χ4v) is 1.95. The highest BCUT2D eigenvalue weighted by Crippen LogP contribution is 2.26. The number of nitrogens with two attached hydrogens (primary N) is 1. The fraction of sp³-hybridized carbons (Fsp3) is 0.800. The molecule has 1 atom stereocenters. The first-order valence-electron chi connectivity index (χ1n) is 4.71. The highest BCUT2D eigenvalue weighted by atomic mass is 14.6. The third kappa shape index (κ3) is 2.66. The van der Waals surface area contributed by atoms with Crippen LogP contribution in [0.15, 0.2) is 12.7 Å². The molecule has 11 heavy (non-hydrogen) atoms. The van der Waals surface area contributed by atoms with Crippen LogP contribution in [0.1, 0.15) is 38.5 Å². The molecule has 1 fully saturated rings. The second kappa shape index (κ2) is 4.55. The van der Waals surface area contributed by atoms with Gasteiger partial charge in [0, 0.05) is 6.04 Å². The van der Waals surface area contributed by atoms with Crippen LogP contribution in [-0.2, 0) is 0 Å². The number of hydrogen-bond donors (Lipinski definition) is 1. The van der Waals surface area contributed by atoms with Crippen molar-refractivity contribution < 1.29 is 0 Å². The van der Waals surface area contributed by atoms with Crippen molar-refractivity contribution in [1.29, 1.82) is 0 Å². The van der Waals surface area contributed by atoms with Crippen molar-refractivity contribution >= 4 is 0 Å². The van der Waals surface area contributed by atoms with Gasteiger partial charge in [0.2, 0.25) is 0 Å². The molecule has 0 aromatic rings. The van der Waals surface area contributed by atoms with Crippen LogP contribution >= 0.6 is 0 Å². The highest BCUT2D eigenvalue weighted by molar-refractivity contribution is 4.82. The van der Waals surface area contributed by atoms with Gasteiger partial charge in [-0.15, -0.1) is 6.58 Å². The summed E-state index contributed by atoms with van der Waals surface area (Å²) in [5.41, 5.74) is 5.99. The minimum absolute atomic E-state index is 0.382. The van der Waals surface area contributed by atoms with Gasteiger partial charge in [0.15, 0.2) is 0 Å². The SMILES string of the molecule is C=CC[C@@H](N)C1CCCCC1. The maximum Gasteiger partial charge on any atom is 0.0102 e. The topological polar surface area (TPSA) is 26.0 Å². The van der Waals surface area contributed by atoms with Crippen LogP contribution in [0, 0.1) is 5.92 Å². The molecular formula is C10H19N. The molecule has 0 amide bonds. The first-order valence-corrected chi connectivity index (χ1v) is 4.71. The molecule has 1 nitrogen and oxygen atoms in total. The van der Waals surface area contributed by atoms with Crippen LogP contribution in [0.2, 0.25) is 0 Å². The minimum atomic E-state index is 0.382. The smallest absolute Gasteiger partial charge is 0.0102 e. The predicted molar refractivity (Wildman–Crippen MR) is 49.4 cm³/mol. The third-order valence-electron chi connectivity index (χ3n) is 2.69. The first kappa shape index (κ1) is 8.79. The molecule has 64 valence electrons. The van der Waals surface area contributed by atoms with Crippen LogP contribution in [0.25, 0.3) is 0 Å². The zero-order valence-electron chi connectivity index (χ0n) is 7.26. The monoisotopic (exact) mass is 153 g/mol. The second-order valence-electron chi connectivity index (χ2n) is 3.59. The predicted octanol–water partition coefficient (Wildman–Crippen LogP) is 2.47. The van der Waals surface area contributed by atoms with Crippen molar-refractivity contribution in [2.24, 2.45) is 11.7 Å². The van der Waals surface area contributed by atoms with Crippen molar-refractivity contribution in [3.8, 4) is 0 Å². The maximum absolute atomic E-state index is 5.99. The molecule has 1 aliphatic carbocycles. The van der Waals surface area contributed by atoms with E-state index in [0.717, 1.165) is 12.3 Å². The fourth-order valence-electron chi connectivity index (χ4n) is 1.95. The molecule has 0 bridgehead atoms. The quantitative estimate of drug-likeness (QED) is 0.619. The van der Waals surface area contributed by atoms with Crippen LogP contribution < -0.4 is 5.73 Å². The van der Waals surface area contributed by atoms with E-state index in [1.54, 1.807) is 0 Å². The van der Waals surface area contributed by atoms with E-state index in [0.29, 0.717) is 6.04 Å². The van der Waals surface area contributed by atoms with Gasteiger partial charge in [0.25, 0.3) is 0 Å². The molecule has 0 heterocycles. The molecule has 1 saturated carbocycles. The summed E-state index contributed by atoms with van der Waals surface area (Å²) in [7, 11) is 0. The van der Waals surface area contributed by atoms with E-state index in [9.17, 15) is 0 Å². The van der Waals surface area contributed by atoms with E-state index >= 15 is 0 Å². The lowest BCUT2D eigenvalue weighted by molar-refractivity contribution is 0.305. The minimum Gasteiger partial charge on any atom is -0.327 e. The van der Waals surface area contributed by atoms with Gasteiger partial charge in [0.1, 0.15) is 0 Å². The van der Waals surface area contributed by atoms with Gasteiger partial charge in [-0.25, -0.2) is 0 Å². The molecule has 1 rings (SSSR count). The van der Waals surface area contributed by atoms with E-state index in [1.165, 1.54) is 32.1 Å². The van der Waals surface area contributed by atoms with Gasteiger partial charge < -0.3 is 5.73 Å². The van der Waals surface area contributed by atoms with Crippen LogP contribution in [-0.4, -0.2) is 6.04 Å². The molecule has 0 aliphatic heterocycles. The van der Waals surface area contributed by atoms with Crippen LogP contribution in [0.5, 0.6) is 0 Å². The standard InChI is InChI=1S/C10H19N/c1-2-6-10(11)9-7-4-3-5-8-9/h2,9-10H,1,3-8,11H2/t10-/m1/s1. The molecule has 2 N–H and O–H groups in total. The molecule has 0 saturated heterocycles. The van der Waals surface area contributed by atoms with Crippen molar-refractivity contribution in [2.45, 2.75) is 44.6 Å². The Morgan fingerprint density at radius 2 is 2.00 bits per heavy atom. The summed E-state index contributed by atoms with van der Waals surface area (Å²) >= 11 is 0. The zero-order chi connectivity index (χ0) is 8.10. The van der Waals surface area contributed by atoms with Gasteiger partial charge in [0.05, 0.1) is 0 Å². The maximum atomic E-state index is 5.99. The molecule has 0 aromatic carbocycles. The van der Waals surface area contributed by atoms with Gasteiger partial charge in [-0.3, -0.25) is 0 Å². The molecule has 0 aromatic heterocycles. The van der Waals surface area contributed by atoms with Crippen molar-refractivity contribution in [1.82, 2.24) is 0 Å². The molecular weight excluding hydrogens is 134 g/mol. The Hall–Kier alpha value is -0.300. The van der Waals surface area contributed by atoms with Gasteiger partial charge in [-0.05, 0) is 25.2 Å². The second-order valence-corrected chi connectivity index (χ2v) is 3.59. The zero-order valence-corrected chi connectivity index (χ0v) is 7.26. The summed E-state index contributed by atoms with van der Waals surface area (Å²) in [5, 5.41) is 0. The van der Waals surface area contributed by atoms with Crippen molar-refractivity contribution in [3.63, 3.8) is 0 Å². The highest BCUT2D eigenvalue weighted by Gasteiger charge is 2.18. The van der Waals surface area contributed by atoms with E-state index in [1.807, 2.05) is 6.08 Å². The van der Waals surface area contributed by atoms with Crippen molar-refractivity contribution in [2.75, 3.05) is 0 Å². The van der Waals surface area contributed by atoms with Gasteiger partial charge >= 0.3 is 0 Å². The lowest BCUT2D eigenvalue weighted by atomic mass is 9.83. The first-order chi connectivity index (χ1) is 5.34. The van der Waals surface area contributed by atoms with Crippen molar-refractivity contribution in [3.05, 3.63) is 12.7 Å².